The lowest BCUT2D eigenvalue weighted by Gasteiger charge is -2.35. The molecule has 0 radical (unpaired) electrons. The van der Waals surface area contributed by atoms with Gasteiger partial charge in [-0.3, -0.25) is 4.79 Å². The van der Waals surface area contributed by atoms with Gasteiger partial charge in [-0.15, -0.1) is 12.4 Å². The number of halogens is 4. The highest BCUT2D eigenvalue weighted by atomic mass is 35.5. The average molecular weight is 515 g/mol. The van der Waals surface area contributed by atoms with E-state index in [1.54, 1.807) is 24.2 Å². The molecule has 1 amide bonds. The lowest BCUT2D eigenvalue weighted by molar-refractivity contribution is -0.137. The van der Waals surface area contributed by atoms with Crippen molar-refractivity contribution in [3.8, 4) is 11.3 Å². The third kappa shape index (κ3) is 4.65. The van der Waals surface area contributed by atoms with Crippen LogP contribution < -0.4 is 4.90 Å². The van der Waals surface area contributed by atoms with E-state index in [4.69, 9.17) is 0 Å². The molecule has 0 atom stereocenters. The molecule has 1 fully saturated rings. The molecule has 5 rings (SSSR count). The van der Waals surface area contributed by atoms with Crippen LogP contribution in [0, 0.1) is 6.92 Å². The normalized spacial score (nSPS) is 14.1. The molecule has 1 aliphatic heterocycles. The summed E-state index contributed by atoms with van der Waals surface area (Å²) < 4.78 is 42.3. The second kappa shape index (κ2) is 9.85. The van der Waals surface area contributed by atoms with Crippen LogP contribution in [0.25, 0.3) is 22.2 Å². The third-order valence-electron chi connectivity index (χ3n) is 6.57. The zero-order valence-corrected chi connectivity index (χ0v) is 20.7. The number of aryl methyl sites for hydroxylation is 2. The minimum atomic E-state index is -4.47. The molecule has 1 saturated heterocycles. The number of rotatable bonds is 3. The van der Waals surface area contributed by atoms with Crippen molar-refractivity contribution in [1.82, 2.24) is 14.5 Å². The largest absolute Gasteiger partial charge is 0.416 e. The van der Waals surface area contributed by atoms with Gasteiger partial charge in [0, 0.05) is 50.3 Å². The van der Waals surface area contributed by atoms with Gasteiger partial charge in [-0.05, 0) is 48.9 Å². The highest BCUT2D eigenvalue weighted by molar-refractivity contribution is 6.13. The Bertz CT molecular complexity index is 1390. The lowest BCUT2D eigenvalue weighted by atomic mass is 10.0. The number of carbonyl (C=O) groups excluding carboxylic acids is 1. The smallest absolute Gasteiger partial charge is 0.353 e. The van der Waals surface area contributed by atoms with Gasteiger partial charge in [0.1, 0.15) is 5.82 Å². The molecule has 1 aliphatic rings. The molecule has 0 aliphatic carbocycles. The molecule has 0 N–H and O–H groups in total. The number of pyridine rings is 1. The minimum Gasteiger partial charge on any atom is -0.353 e. The minimum absolute atomic E-state index is 0. The van der Waals surface area contributed by atoms with Gasteiger partial charge in [0.05, 0.1) is 16.8 Å². The van der Waals surface area contributed by atoms with Gasteiger partial charge in [0.2, 0.25) is 0 Å². The van der Waals surface area contributed by atoms with Crippen LogP contribution in [0.4, 0.5) is 19.0 Å². The quantitative estimate of drug-likeness (QED) is 0.339. The Morgan fingerprint density at radius 1 is 0.944 bits per heavy atom. The number of carbonyl (C=O) groups is 1. The molecule has 2 aromatic carbocycles. The van der Waals surface area contributed by atoms with Crippen LogP contribution in [0.3, 0.4) is 0 Å². The summed E-state index contributed by atoms with van der Waals surface area (Å²) in [5.74, 6) is 0.694. The maximum absolute atomic E-state index is 13.9. The molecular formula is C27H26ClF3N4O. The van der Waals surface area contributed by atoms with Crippen LogP contribution in [0.15, 0.2) is 66.9 Å². The molecule has 36 heavy (non-hydrogen) atoms. The molecule has 0 spiro atoms. The van der Waals surface area contributed by atoms with Crippen LogP contribution in [0.5, 0.6) is 0 Å². The molecular weight excluding hydrogens is 489 g/mol. The predicted octanol–water partition coefficient (Wildman–Crippen LogP) is 5.95. The molecule has 9 heteroatoms. The Kier molecular flexibility index (Phi) is 7.00. The second-order valence-electron chi connectivity index (χ2n) is 8.85. The fourth-order valence-corrected chi connectivity index (χ4v) is 4.79. The van der Waals surface area contributed by atoms with Crippen molar-refractivity contribution < 1.29 is 18.0 Å². The number of benzene rings is 2. The maximum atomic E-state index is 13.9. The van der Waals surface area contributed by atoms with Crippen molar-refractivity contribution in [2.45, 2.75) is 13.1 Å². The summed E-state index contributed by atoms with van der Waals surface area (Å²) in [6.07, 6.45) is -2.73. The van der Waals surface area contributed by atoms with Crippen molar-refractivity contribution in [2.24, 2.45) is 7.05 Å². The Morgan fingerprint density at radius 2 is 1.69 bits per heavy atom. The van der Waals surface area contributed by atoms with Crippen molar-refractivity contribution in [2.75, 3.05) is 31.1 Å². The second-order valence-corrected chi connectivity index (χ2v) is 8.85. The highest BCUT2D eigenvalue weighted by Crippen LogP contribution is 2.37. The number of alkyl halides is 3. The van der Waals surface area contributed by atoms with E-state index in [-0.39, 0.29) is 18.3 Å². The summed E-state index contributed by atoms with van der Waals surface area (Å²) in [6, 6.07) is 16.7. The summed E-state index contributed by atoms with van der Waals surface area (Å²) >= 11 is 0. The van der Waals surface area contributed by atoms with E-state index in [0.717, 1.165) is 34.4 Å². The van der Waals surface area contributed by atoms with Crippen LogP contribution >= 0.6 is 12.4 Å². The molecule has 0 bridgehead atoms. The van der Waals surface area contributed by atoms with Gasteiger partial charge in [-0.1, -0.05) is 29.8 Å². The SMILES string of the molecule is Cc1ccc2c(c1)c(C(=O)N1CCN(c3ccccn3)CC1)c(-c1cccc(C(F)(F)F)c1)n2C.Cl. The third-order valence-corrected chi connectivity index (χ3v) is 6.57. The van der Waals surface area contributed by atoms with E-state index in [1.165, 1.54) is 6.07 Å². The number of fused-ring (bicyclic) bond motifs is 1. The van der Waals surface area contributed by atoms with E-state index in [9.17, 15) is 18.0 Å². The summed E-state index contributed by atoms with van der Waals surface area (Å²) in [5.41, 5.74) is 2.35. The number of hydrogen-bond acceptors (Lipinski definition) is 3. The number of hydrogen-bond donors (Lipinski definition) is 0. The summed E-state index contributed by atoms with van der Waals surface area (Å²) in [4.78, 5) is 22.2. The lowest BCUT2D eigenvalue weighted by Crippen LogP contribution is -2.49. The zero-order chi connectivity index (χ0) is 24.7. The first kappa shape index (κ1) is 25.6. The molecule has 4 aromatic rings. The first-order valence-corrected chi connectivity index (χ1v) is 11.5. The van der Waals surface area contributed by atoms with Crippen molar-refractivity contribution in [3.05, 3.63) is 83.6 Å². The van der Waals surface area contributed by atoms with Gasteiger partial charge in [-0.25, -0.2) is 4.98 Å². The van der Waals surface area contributed by atoms with E-state index in [1.807, 2.05) is 47.9 Å². The monoisotopic (exact) mass is 514 g/mol. The molecule has 0 unspecified atom stereocenters. The number of amides is 1. The molecule has 3 heterocycles. The number of nitrogens with zero attached hydrogens (tertiary/aromatic N) is 4. The van der Waals surface area contributed by atoms with E-state index < -0.39 is 11.7 Å². The van der Waals surface area contributed by atoms with Crippen LogP contribution in [0.1, 0.15) is 21.5 Å². The van der Waals surface area contributed by atoms with Crippen LogP contribution in [-0.2, 0) is 13.2 Å². The van der Waals surface area contributed by atoms with E-state index in [2.05, 4.69) is 9.88 Å². The molecule has 0 saturated carbocycles. The zero-order valence-electron chi connectivity index (χ0n) is 19.9. The van der Waals surface area contributed by atoms with Gasteiger partial charge in [0.15, 0.2) is 0 Å². The first-order chi connectivity index (χ1) is 16.7. The summed E-state index contributed by atoms with van der Waals surface area (Å²) in [6.45, 7) is 4.20. The van der Waals surface area contributed by atoms with Crippen molar-refractivity contribution in [1.29, 1.82) is 0 Å². The van der Waals surface area contributed by atoms with E-state index >= 15 is 0 Å². The Hall–Kier alpha value is -3.52. The maximum Gasteiger partial charge on any atom is 0.416 e. The molecule has 188 valence electrons. The number of piperazine rings is 1. The summed E-state index contributed by atoms with van der Waals surface area (Å²) in [7, 11) is 1.79. The van der Waals surface area contributed by atoms with Crippen molar-refractivity contribution in [3.63, 3.8) is 0 Å². The topological polar surface area (TPSA) is 41.4 Å². The highest BCUT2D eigenvalue weighted by Gasteiger charge is 2.33. The van der Waals surface area contributed by atoms with Crippen LogP contribution in [0.2, 0.25) is 0 Å². The first-order valence-electron chi connectivity index (χ1n) is 11.5. The Labute approximate surface area is 213 Å². The Morgan fingerprint density at radius 3 is 2.36 bits per heavy atom. The van der Waals surface area contributed by atoms with Crippen molar-refractivity contribution >= 4 is 35.0 Å². The fraction of sp³-hybridized carbons (Fsp3) is 0.259. The van der Waals surface area contributed by atoms with Gasteiger partial charge in [-0.2, -0.15) is 13.2 Å². The van der Waals surface area contributed by atoms with E-state index in [0.29, 0.717) is 43.0 Å². The Balaban J connectivity index is 0.00000304. The summed E-state index contributed by atoms with van der Waals surface area (Å²) in [5, 5.41) is 0.747. The van der Waals surface area contributed by atoms with Gasteiger partial charge < -0.3 is 14.4 Å². The predicted molar refractivity (Wildman–Crippen MR) is 138 cm³/mol. The number of aromatic nitrogens is 2. The number of anilines is 1. The van der Waals surface area contributed by atoms with Crippen LogP contribution in [-0.4, -0.2) is 46.5 Å². The standard InChI is InChI=1S/C27H25F3N4O.ClH/c1-18-9-10-22-21(16-18)24(25(32(22)2)19-6-5-7-20(17-19)27(28,29)30)26(35)34-14-12-33(13-15-34)23-8-3-4-11-31-23;/h3-11,16-17H,12-15H2,1-2H3;1H. The average Bonchev–Trinajstić information content (AvgIpc) is 3.15. The fourth-order valence-electron chi connectivity index (χ4n) is 4.79. The van der Waals surface area contributed by atoms with Gasteiger partial charge >= 0.3 is 6.18 Å². The molecule has 5 nitrogen and oxygen atoms in total. The molecule has 2 aromatic heterocycles. The van der Waals surface area contributed by atoms with Gasteiger partial charge in [0.25, 0.3) is 5.91 Å².